The minimum Gasteiger partial charge on any atom is -0.291 e. The highest BCUT2D eigenvalue weighted by Gasteiger charge is 2.01. The van der Waals surface area contributed by atoms with Gasteiger partial charge in [-0.15, -0.1) is 11.3 Å². The van der Waals surface area contributed by atoms with Crippen LogP contribution in [0.15, 0.2) is 51.7 Å². The van der Waals surface area contributed by atoms with Crippen molar-refractivity contribution in [1.82, 2.24) is 9.97 Å². The van der Waals surface area contributed by atoms with Gasteiger partial charge in [-0.25, -0.2) is 10.4 Å². The van der Waals surface area contributed by atoms with Crippen molar-refractivity contribution in [2.24, 2.45) is 5.10 Å². The minimum absolute atomic E-state index is 0.181. The third-order valence-electron chi connectivity index (χ3n) is 2.52. The van der Waals surface area contributed by atoms with Crippen molar-refractivity contribution >= 4 is 34.4 Å². The first-order chi connectivity index (χ1) is 9.33. The summed E-state index contributed by atoms with van der Waals surface area (Å²) in [5.41, 5.74) is 3.18. The quantitative estimate of drug-likeness (QED) is 0.567. The second-order valence-electron chi connectivity index (χ2n) is 3.82. The van der Waals surface area contributed by atoms with Gasteiger partial charge in [0.25, 0.3) is 5.56 Å². The molecule has 3 rings (SSSR count). The molecule has 0 aliphatic heterocycles. The van der Waals surface area contributed by atoms with Crippen LogP contribution in [0.2, 0.25) is 0 Å². The highest BCUT2D eigenvalue weighted by molar-refractivity contribution is 7.11. The van der Waals surface area contributed by atoms with Gasteiger partial charge < -0.3 is 0 Å². The van der Waals surface area contributed by atoms with Crippen LogP contribution in [0.3, 0.4) is 0 Å². The Bertz CT molecular complexity index is 777. The number of hydrogen-bond acceptors (Lipinski definition) is 5. The molecule has 1 aromatic carbocycles. The van der Waals surface area contributed by atoms with E-state index in [0.29, 0.717) is 16.9 Å². The summed E-state index contributed by atoms with van der Waals surface area (Å²) in [5, 5.41) is 6.57. The van der Waals surface area contributed by atoms with E-state index in [0.717, 1.165) is 4.88 Å². The molecule has 0 amide bonds. The average molecular weight is 270 g/mol. The maximum atomic E-state index is 11.8. The van der Waals surface area contributed by atoms with Crippen molar-refractivity contribution in [3.8, 4) is 0 Å². The van der Waals surface area contributed by atoms with E-state index in [-0.39, 0.29) is 5.56 Å². The molecule has 2 N–H and O–H groups in total. The summed E-state index contributed by atoms with van der Waals surface area (Å²) in [6, 6.07) is 11.1. The summed E-state index contributed by atoms with van der Waals surface area (Å²) < 4.78 is 0. The lowest BCUT2D eigenvalue weighted by atomic mass is 10.2. The molecule has 2 heterocycles. The Labute approximate surface area is 112 Å². The van der Waals surface area contributed by atoms with Crippen molar-refractivity contribution in [3.63, 3.8) is 0 Å². The standard InChI is InChI=1S/C13H10N4OS/c18-12-10-5-1-2-6-11(10)15-13(16-12)17-14-8-9-4-3-7-19-9/h1-8H,(H2,15,16,17,18)/b14-8-. The Kier molecular flexibility index (Phi) is 3.07. The summed E-state index contributed by atoms with van der Waals surface area (Å²) in [5.74, 6) is 0.330. The Morgan fingerprint density at radius 3 is 3.00 bits per heavy atom. The number of hydrazone groups is 1. The maximum absolute atomic E-state index is 11.8. The summed E-state index contributed by atoms with van der Waals surface area (Å²) in [6.07, 6.45) is 1.68. The van der Waals surface area contributed by atoms with E-state index in [1.54, 1.807) is 35.8 Å². The van der Waals surface area contributed by atoms with Crippen LogP contribution in [-0.2, 0) is 0 Å². The van der Waals surface area contributed by atoms with Crippen molar-refractivity contribution in [1.29, 1.82) is 0 Å². The van der Waals surface area contributed by atoms with Gasteiger partial charge in [0.1, 0.15) is 0 Å². The Hall–Kier alpha value is -2.47. The lowest BCUT2D eigenvalue weighted by molar-refractivity contribution is 1.12. The Balaban J connectivity index is 1.87. The zero-order valence-electron chi connectivity index (χ0n) is 9.83. The number of rotatable bonds is 3. The molecule has 94 valence electrons. The number of nitrogens with zero attached hydrogens (tertiary/aromatic N) is 2. The summed E-state index contributed by atoms with van der Waals surface area (Å²) in [4.78, 5) is 19.7. The third-order valence-corrected chi connectivity index (χ3v) is 3.33. The van der Waals surface area contributed by atoms with Gasteiger partial charge in [0.05, 0.1) is 17.1 Å². The van der Waals surface area contributed by atoms with E-state index in [1.807, 2.05) is 23.6 Å². The van der Waals surface area contributed by atoms with E-state index in [2.05, 4.69) is 20.5 Å². The molecule has 0 saturated carbocycles. The van der Waals surface area contributed by atoms with Crippen LogP contribution in [-0.4, -0.2) is 16.2 Å². The van der Waals surface area contributed by atoms with Gasteiger partial charge >= 0.3 is 0 Å². The number of nitrogens with one attached hydrogen (secondary N) is 2. The largest absolute Gasteiger partial charge is 0.291 e. The number of anilines is 1. The van der Waals surface area contributed by atoms with Crippen molar-refractivity contribution in [2.75, 3.05) is 5.43 Å². The fourth-order valence-electron chi connectivity index (χ4n) is 1.66. The fraction of sp³-hybridized carbons (Fsp3) is 0. The van der Waals surface area contributed by atoms with Crippen LogP contribution in [0.25, 0.3) is 10.9 Å². The van der Waals surface area contributed by atoms with Crippen molar-refractivity contribution < 1.29 is 0 Å². The van der Waals surface area contributed by atoms with Crippen LogP contribution in [0, 0.1) is 0 Å². The molecule has 3 aromatic rings. The molecule has 0 spiro atoms. The number of benzene rings is 1. The molecule has 0 fully saturated rings. The van der Waals surface area contributed by atoms with Gasteiger partial charge in [-0.1, -0.05) is 18.2 Å². The van der Waals surface area contributed by atoms with E-state index in [1.165, 1.54) is 0 Å². The Morgan fingerprint density at radius 1 is 1.26 bits per heavy atom. The molecule has 0 aliphatic rings. The molecule has 2 aromatic heterocycles. The highest BCUT2D eigenvalue weighted by Crippen LogP contribution is 2.08. The molecular weight excluding hydrogens is 260 g/mol. The second kappa shape index (κ2) is 5.03. The van der Waals surface area contributed by atoms with Gasteiger partial charge in [0.15, 0.2) is 0 Å². The summed E-state index contributed by atoms with van der Waals surface area (Å²) in [6.45, 7) is 0. The van der Waals surface area contributed by atoms with Crippen LogP contribution in [0.4, 0.5) is 5.95 Å². The number of aromatic amines is 1. The van der Waals surface area contributed by atoms with Gasteiger partial charge in [-0.3, -0.25) is 9.78 Å². The van der Waals surface area contributed by atoms with E-state index < -0.39 is 0 Å². The number of H-pyrrole nitrogens is 1. The number of hydrogen-bond donors (Lipinski definition) is 2. The smallest absolute Gasteiger partial charge is 0.260 e. The predicted octanol–water partition coefficient (Wildman–Crippen LogP) is 2.43. The lowest BCUT2D eigenvalue weighted by Crippen LogP contribution is -2.10. The first kappa shape index (κ1) is 11.6. The van der Waals surface area contributed by atoms with Crippen LogP contribution >= 0.6 is 11.3 Å². The van der Waals surface area contributed by atoms with Crippen LogP contribution in [0.1, 0.15) is 4.88 Å². The molecule has 0 unspecified atom stereocenters. The SMILES string of the molecule is O=c1[nH]c(N/N=C\c2cccs2)nc2ccccc12. The zero-order chi connectivity index (χ0) is 13.1. The molecule has 0 bridgehead atoms. The Morgan fingerprint density at radius 2 is 2.16 bits per heavy atom. The first-order valence-corrected chi connectivity index (χ1v) is 6.52. The monoisotopic (exact) mass is 270 g/mol. The highest BCUT2D eigenvalue weighted by atomic mass is 32.1. The van der Waals surface area contributed by atoms with Crippen LogP contribution < -0.4 is 11.0 Å². The first-order valence-electron chi connectivity index (χ1n) is 5.64. The molecule has 5 nitrogen and oxygen atoms in total. The molecule has 0 aliphatic carbocycles. The molecule has 6 heteroatoms. The molecule has 0 radical (unpaired) electrons. The topological polar surface area (TPSA) is 70.1 Å². The second-order valence-corrected chi connectivity index (χ2v) is 4.80. The zero-order valence-corrected chi connectivity index (χ0v) is 10.6. The molecule has 0 atom stereocenters. The predicted molar refractivity (Wildman–Crippen MR) is 77.9 cm³/mol. The van der Waals surface area contributed by atoms with E-state index >= 15 is 0 Å². The lowest BCUT2D eigenvalue weighted by Gasteiger charge is -2.00. The van der Waals surface area contributed by atoms with Crippen LogP contribution in [0.5, 0.6) is 0 Å². The fourth-order valence-corrected chi connectivity index (χ4v) is 2.25. The molecular formula is C13H10N4OS. The normalized spacial score (nSPS) is 11.2. The molecule has 0 saturated heterocycles. The average Bonchev–Trinajstić information content (AvgIpc) is 2.92. The van der Waals surface area contributed by atoms with Gasteiger partial charge in [0.2, 0.25) is 5.95 Å². The number of fused-ring (bicyclic) bond motifs is 1. The third kappa shape index (κ3) is 2.53. The van der Waals surface area contributed by atoms with Crippen molar-refractivity contribution in [2.45, 2.75) is 0 Å². The number of para-hydroxylation sites is 1. The number of thiophene rings is 1. The summed E-state index contributed by atoms with van der Waals surface area (Å²) >= 11 is 1.58. The van der Waals surface area contributed by atoms with Gasteiger partial charge in [-0.2, -0.15) is 5.10 Å². The van der Waals surface area contributed by atoms with Gasteiger partial charge in [0, 0.05) is 4.88 Å². The maximum Gasteiger partial charge on any atom is 0.260 e. The number of aromatic nitrogens is 2. The molecule has 19 heavy (non-hydrogen) atoms. The minimum atomic E-state index is -0.181. The van der Waals surface area contributed by atoms with Crippen molar-refractivity contribution in [3.05, 3.63) is 57.0 Å². The van der Waals surface area contributed by atoms with E-state index in [9.17, 15) is 4.79 Å². The summed E-state index contributed by atoms with van der Waals surface area (Å²) in [7, 11) is 0. The van der Waals surface area contributed by atoms with E-state index in [4.69, 9.17) is 0 Å². The van der Waals surface area contributed by atoms with Gasteiger partial charge in [-0.05, 0) is 23.6 Å².